The molecule has 1 aromatic heterocycles. The summed E-state index contributed by atoms with van der Waals surface area (Å²) in [6, 6.07) is 5.49. The lowest BCUT2D eigenvalue weighted by Gasteiger charge is -2.22. The molecule has 15 heteroatoms. The molecule has 1 fully saturated rings. The molecular weight excluding hydrogens is 587 g/mol. The van der Waals surface area contributed by atoms with Crippen LogP contribution in [0.1, 0.15) is 13.8 Å². The Morgan fingerprint density at radius 3 is 2.44 bits per heavy atom. The van der Waals surface area contributed by atoms with E-state index in [2.05, 4.69) is 0 Å². The molecular formula is C24H23N3O8S4. The molecule has 0 atom stereocenters. The monoisotopic (exact) mass is 609 g/mol. The second-order valence-electron chi connectivity index (χ2n) is 8.53. The number of hydrogen-bond donors (Lipinski definition) is 2. The summed E-state index contributed by atoms with van der Waals surface area (Å²) in [5, 5.41) is 20.3. The number of thiazole rings is 1. The molecule has 1 amide bonds. The first-order chi connectivity index (χ1) is 18.5. The van der Waals surface area contributed by atoms with Gasteiger partial charge < -0.3 is 19.5 Å². The summed E-state index contributed by atoms with van der Waals surface area (Å²) in [5.41, 5.74) is 0.837. The summed E-state index contributed by atoms with van der Waals surface area (Å²) in [6.07, 6.45) is 1.65. The highest BCUT2D eigenvalue weighted by Gasteiger charge is 2.34. The van der Waals surface area contributed by atoms with E-state index in [4.69, 9.17) is 21.7 Å². The molecule has 0 bridgehead atoms. The average molecular weight is 610 g/mol. The number of thiocarbonyl (C=S) groups is 1. The quantitative estimate of drug-likeness (QED) is 0.269. The fourth-order valence-electron chi connectivity index (χ4n) is 3.83. The predicted molar refractivity (Wildman–Crippen MR) is 152 cm³/mol. The lowest BCUT2D eigenvalue weighted by atomic mass is 10.0. The lowest BCUT2D eigenvalue weighted by Crippen LogP contribution is -2.35. The van der Waals surface area contributed by atoms with Gasteiger partial charge >= 0.3 is 11.9 Å². The number of anilines is 1. The van der Waals surface area contributed by atoms with Crippen LogP contribution in [0.5, 0.6) is 5.75 Å². The normalized spacial score (nSPS) is 18.3. The maximum absolute atomic E-state index is 13.4. The number of aliphatic carboxylic acids is 1. The molecule has 206 valence electrons. The Kier molecular flexibility index (Phi) is 8.56. The molecule has 39 heavy (non-hydrogen) atoms. The van der Waals surface area contributed by atoms with E-state index in [1.165, 1.54) is 18.9 Å². The number of carboxylic acid groups (broad SMARTS) is 1. The summed E-state index contributed by atoms with van der Waals surface area (Å²) >= 11 is 8.11. The number of methoxy groups -OCH3 is 2. The van der Waals surface area contributed by atoms with E-state index < -0.39 is 29.9 Å². The van der Waals surface area contributed by atoms with Gasteiger partial charge in [0.15, 0.2) is 4.32 Å². The van der Waals surface area contributed by atoms with Crippen molar-refractivity contribution in [3.63, 3.8) is 0 Å². The number of benzene rings is 1. The van der Waals surface area contributed by atoms with Gasteiger partial charge in [-0.15, -0.1) is 11.3 Å². The van der Waals surface area contributed by atoms with Crippen LogP contribution in [0.3, 0.4) is 0 Å². The number of rotatable bonds is 7. The number of fused-ring (bicyclic) bond motifs is 1. The van der Waals surface area contributed by atoms with Gasteiger partial charge in [0.2, 0.25) is 0 Å². The van der Waals surface area contributed by atoms with Crippen molar-refractivity contribution in [3.8, 4) is 5.75 Å². The Morgan fingerprint density at radius 2 is 1.87 bits per heavy atom. The Labute approximate surface area is 239 Å². The van der Waals surface area contributed by atoms with Gasteiger partial charge in [-0.05, 0) is 53.7 Å². The van der Waals surface area contributed by atoms with Crippen LogP contribution in [0.4, 0.5) is 5.69 Å². The smallest absolute Gasteiger partial charge is 0.325 e. The predicted octanol–water partition coefficient (Wildman–Crippen LogP) is 1.79. The van der Waals surface area contributed by atoms with Gasteiger partial charge in [0.25, 0.3) is 11.5 Å². The number of hydrogen-bond acceptors (Lipinski definition) is 12. The van der Waals surface area contributed by atoms with Crippen molar-refractivity contribution in [3.05, 3.63) is 48.4 Å². The number of nitrogens with zero attached hydrogens (tertiary/aromatic N) is 3. The van der Waals surface area contributed by atoms with Crippen LogP contribution in [0, 0.1) is 5.92 Å². The van der Waals surface area contributed by atoms with E-state index in [1.54, 1.807) is 18.1 Å². The van der Waals surface area contributed by atoms with E-state index in [9.17, 15) is 29.5 Å². The van der Waals surface area contributed by atoms with Gasteiger partial charge in [0, 0.05) is 11.0 Å². The number of aromatic nitrogens is 1. The van der Waals surface area contributed by atoms with Crippen molar-refractivity contribution in [1.82, 2.24) is 9.63 Å². The summed E-state index contributed by atoms with van der Waals surface area (Å²) in [6.45, 7) is 3.08. The standard InChI is InChI=1S/C24H23N3O8S4/c1-11(2)13(22-25(10-18(30)35-4)14-7-12(34-3)5-6-15(14)37-22)8-16-20(31)26(9-17(28)29)23(38-16)19-21(32)27(33)24(36)39-19/h5-8,11,33H,9-10H2,1-4H3,(H,28,29)/b16-8+,22-13+,23-19-. The molecule has 0 saturated carbocycles. The number of carbonyl (C=O) groups is 3. The minimum Gasteiger partial charge on any atom is -0.497 e. The Balaban J connectivity index is 1.98. The van der Waals surface area contributed by atoms with E-state index in [0.29, 0.717) is 21.4 Å². The maximum Gasteiger partial charge on any atom is 0.325 e. The number of hydroxylamine groups is 2. The highest BCUT2D eigenvalue weighted by molar-refractivity contribution is 8.30. The molecule has 2 aliphatic heterocycles. The zero-order valence-corrected chi connectivity index (χ0v) is 24.4. The van der Waals surface area contributed by atoms with Crippen molar-refractivity contribution < 1.29 is 34.2 Å². The van der Waals surface area contributed by atoms with Gasteiger partial charge in [0.1, 0.15) is 28.4 Å². The van der Waals surface area contributed by atoms with Gasteiger partial charge in [-0.1, -0.05) is 25.6 Å². The molecule has 0 spiro atoms. The second kappa shape index (κ2) is 11.6. The zero-order chi connectivity index (χ0) is 28.6. The first-order valence-corrected chi connectivity index (χ1v) is 14.2. The van der Waals surface area contributed by atoms with Crippen LogP contribution < -0.4 is 24.4 Å². The molecule has 0 unspecified atom stereocenters. The first-order valence-electron chi connectivity index (χ1n) is 11.3. The fraction of sp³-hybridized carbons (Fsp3) is 0.292. The van der Waals surface area contributed by atoms with Crippen LogP contribution in [0.15, 0.2) is 38.5 Å². The van der Waals surface area contributed by atoms with Crippen molar-refractivity contribution in [1.29, 1.82) is 0 Å². The second-order valence-corrected chi connectivity index (χ2v) is 12.2. The molecule has 11 nitrogen and oxygen atoms in total. The molecule has 0 radical (unpaired) electrons. The number of ether oxygens (including phenoxy) is 2. The lowest BCUT2D eigenvalue weighted by molar-refractivity contribution is -0.140. The van der Waals surface area contributed by atoms with Crippen LogP contribution >= 0.6 is 47.1 Å². The number of amides is 1. The molecule has 2 aliphatic rings. The van der Waals surface area contributed by atoms with Gasteiger partial charge in [-0.25, -0.2) is 0 Å². The molecule has 2 N–H and O–H groups in total. The van der Waals surface area contributed by atoms with Crippen LogP contribution in [0.2, 0.25) is 0 Å². The van der Waals surface area contributed by atoms with Crippen molar-refractivity contribution >= 4 is 85.9 Å². The Bertz CT molecular complexity index is 1610. The van der Waals surface area contributed by atoms with Crippen LogP contribution in [0.25, 0.3) is 11.0 Å². The van der Waals surface area contributed by atoms with Crippen LogP contribution in [-0.2, 0) is 25.7 Å². The maximum atomic E-state index is 13.4. The van der Waals surface area contributed by atoms with Gasteiger partial charge in [-0.3, -0.25) is 29.0 Å². The molecule has 0 aliphatic carbocycles. The van der Waals surface area contributed by atoms with E-state index in [-0.39, 0.29) is 30.9 Å². The summed E-state index contributed by atoms with van der Waals surface area (Å²) < 4.78 is 11.4. The minimum absolute atomic E-state index is 0.0358. The van der Waals surface area contributed by atoms with Crippen molar-refractivity contribution in [2.75, 3.05) is 25.7 Å². The Morgan fingerprint density at radius 1 is 1.15 bits per heavy atom. The number of allylic oxidation sites excluding steroid dienone is 1. The average Bonchev–Trinajstić information content (AvgIpc) is 3.49. The molecule has 1 saturated heterocycles. The van der Waals surface area contributed by atoms with Crippen LogP contribution in [-0.4, -0.2) is 62.9 Å². The largest absolute Gasteiger partial charge is 0.497 e. The third-order valence-corrected chi connectivity index (χ3v) is 9.54. The summed E-state index contributed by atoms with van der Waals surface area (Å²) in [5.74, 6) is -2.10. The van der Waals surface area contributed by atoms with E-state index in [1.807, 2.05) is 32.0 Å². The third kappa shape index (κ3) is 5.63. The highest BCUT2D eigenvalue weighted by atomic mass is 32.2. The topological polar surface area (TPSA) is 139 Å². The van der Waals surface area contributed by atoms with E-state index in [0.717, 1.165) is 38.2 Å². The Hall–Kier alpha value is -3.11. The minimum atomic E-state index is -1.27. The highest BCUT2D eigenvalue weighted by Crippen LogP contribution is 2.49. The third-order valence-electron chi connectivity index (χ3n) is 5.72. The SMILES string of the molecule is COC(=O)CN1/C(=C(/C=c2/s/c(=C3\SC(=S)N(O)C3=O)n(CC(=O)O)c2=O)C(C)C)Sc2ccc(OC)cc21. The van der Waals surface area contributed by atoms with Crippen molar-refractivity contribution in [2.45, 2.75) is 25.3 Å². The number of carboxylic acids is 1. The fourth-order valence-corrected chi connectivity index (χ4v) is 7.46. The zero-order valence-electron chi connectivity index (χ0n) is 21.1. The van der Waals surface area contributed by atoms with E-state index >= 15 is 0 Å². The molecule has 4 rings (SSSR count). The molecule has 2 aromatic rings. The number of carbonyl (C=O) groups excluding carboxylic acids is 2. The van der Waals surface area contributed by atoms with Gasteiger partial charge in [-0.2, -0.15) is 5.06 Å². The summed E-state index contributed by atoms with van der Waals surface area (Å²) in [4.78, 5) is 52.5. The number of thioether (sulfide) groups is 2. The van der Waals surface area contributed by atoms with Crippen molar-refractivity contribution in [2.24, 2.45) is 5.92 Å². The summed E-state index contributed by atoms with van der Waals surface area (Å²) in [7, 11) is 2.84. The molecule has 3 heterocycles. The first kappa shape index (κ1) is 28.9. The van der Waals surface area contributed by atoms with Gasteiger partial charge in [0.05, 0.1) is 29.5 Å². The number of esters is 1. The molecule has 1 aromatic carbocycles.